The maximum absolute atomic E-state index is 11.6. The van der Waals surface area contributed by atoms with E-state index in [1.165, 1.54) is 0 Å². The minimum absolute atomic E-state index is 0.0816. The maximum atomic E-state index is 11.6. The van der Waals surface area contributed by atoms with Crippen LogP contribution in [0.5, 0.6) is 0 Å². The van der Waals surface area contributed by atoms with Crippen molar-refractivity contribution >= 4 is 10.1 Å². The van der Waals surface area contributed by atoms with Gasteiger partial charge in [-0.15, -0.1) is 0 Å². The lowest BCUT2D eigenvalue weighted by Gasteiger charge is -2.24. The highest BCUT2D eigenvalue weighted by molar-refractivity contribution is 7.88. The molecule has 0 amide bonds. The zero-order valence-electron chi connectivity index (χ0n) is 7.25. The Morgan fingerprint density at radius 1 is 1.57 bits per heavy atom. The van der Waals surface area contributed by atoms with Crippen molar-refractivity contribution in [2.75, 3.05) is 0 Å². The molecule has 3 rings (SSSR count). The minimum Gasteiger partial charge on any atom is -0.390 e. The summed E-state index contributed by atoms with van der Waals surface area (Å²) in [6.07, 6.45) is -0.551. The minimum atomic E-state index is -3.80. The molecular weight excluding hydrogens is 206 g/mol. The number of aliphatic hydroxyl groups excluding tert-OH is 1. The first kappa shape index (κ1) is 8.65. The van der Waals surface area contributed by atoms with Gasteiger partial charge in [-0.1, -0.05) is 0 Å². The number of nitrogens with zero attached hydrogens (tertiary/aromatic N) is 1. The van der Waals surface area contributed by atoms with Crippen molar-refractivity contribution in [1.82, 2.24) is 0 Å². The first-order valence-electron chi connectivity index (χ1n) is 4.54. The molecule has 5 atom stereocenters. The summed E-state index contributed by atoms with van der Waals surface area (Å²) in [5.41, 5.74) is 0. The van der Waals surface area contributed by atoms with E-state index in [4.69, 9.17) is 9.44 Å². The smallest absolute Gasteiger partial charge is 0.287 e. The molecular formula is C8H9NO4S. The summed E-state index contributed by atoms with van der Waals surface area (Å²) in [6.45, 7) is 0. The van der Waals surface area contributed by atoms with Crippen LogP contribution in [0.1, 0.15) is 12.8 Å². The predicted octanol–water partition coefficient (Wildman–Crippen LogP) is -0.622. The van der Waals surface area contributed by atoms with E-state index < -0.39 is 27.1 Å². The van der Waals surface area contributed by atoms with Crippen LogP contribution >= 0.6 is 0 Å². The van der Waals surface area contributed by atoms with E-state index in [0.29, 0.717) is 6.42 Å². The van der Waals surface area contributed by atoms with Crippen LogP contribution in [0, 0.1) is 23.2 Å². The zero-order chi connectivity index (χ0) is 10.1. The van der Waals surface area contributed by atoms with Crippen molar-refractivity contribution in [3.05, 3.63) is 0 Å². The number of fused-ring (bicyclic) bond motifs is 1. The fraction of sp³-hybridized carbons (Fsp3) is 0.875. The molecule has 0 aromatic heterocycles. The molecule has 6 heteroatoms. The SMILES string of the molecule is N#CC12CC3CC1C(OS2(=O)=O)C3O. The van der Waals surface area contributed by atoms with Crippen molar-refractivity contribution in [2.24, 2.45) is 11.8 Å². The Bertz CT molecular complexity index is 439. The van der Waals surface area contributed by atoms with Crippen molar-refractivity contribution in [3.63, 3.8) is 0 Å². The van der Waals surface area contributed by atoms with E-state index in [2.05, 4.69) is 0 Å². The van der Waals surface area contributed by atoms with E-state index in [1.807, 2.05) is 6.07 Å². The average Bonchev–Trinajstić information content (AvgIpc) is 2.67. The number of hydrogen-bond acceptors (Lipinski definition) is 5. The van der Waals surface area contributed by atoms with Crippen LogP contribution in [0.3, 0.4) is 0 Å². The normalized spacial score (nSPS) is 57.4. The lowest BCUT2D eigenvalue weighted by molar-refractivity contribution is 0.0214. The molecule has 1 saturated heterocycles. The summed E-state index contributed by atoms with van der Waals surface area (Å²) >= 11 is 0. The van der Waals surface area contributed by atoms with E-state index in [-0.39, 0.29) is 18.3 Å². The van der Waals surface area contributed by atoms with E-state index in [0.717, 1.165) is 0 Å². The highest BCUT2D eigenvalue weighted by Gasteiger charge is 2.73. The molecule has 5 unspecified atom stereocenters. The lowest BCUT2D eigenvalue weighted by Crippen LogP contribution is -2.41. The topological polar surface area (TPSA) is 87.4 Å². The number of nitriles is 1. The third kappa shape index (κ3) is 0.649. The van der Waals surface area contributed by atoms with Crippen LogP contribution in [0.15, 0.2) is 0 Å². The second-order valence-corrected chi connectivity index (χ2v) is 6.14. The molecule has 2 bridgehead atoms. The van der Waals surface area contributed by atoms with Gasteiger partial charge in [0.2, 0.25) is 0 Å². The van der Waals surface area contributed by atoms with E-state index in [9.17, 15) is 13.5 Å². The van der Waals surface area contributed by atoms with Crippen LogP contribution in [-0.2, 0) is 14.3 Å². The van der Waals surface area contributed by atoms with Crippen LogP contribution in [0.25, 0.3) is 0 Å². The standard InChI is InChI=1S/C8H9NO4S/c9-3-8-2-4-1-5(8)7(6(4)10)13-14(8,11)12/h4-7,10H,1-2H2. The van der Waals surface area contributed by atoms with Gasteiger partial charge < -0.3 is 5.11 Å². The molecule has 0 radical (unpaired) electrons. The van der Waals surface area contributed by atoms with Crippen molar-refractivity contribution < 1.29 is 17.7 Å². The molecule has 76 valence electrons. The Morgan fingerprint density at radius 2 is 2.29 bits per heavy atom. The summed E-state index contributed by atoms with van der Waals surface area (Å²) in [5.74, 6) is -0.403. The summed E-state index contributed by atoms with van der Waals surface area (Å²) < 4.78 is 26.7. The Balaban J connectivity index is 2.22. The maximum Gasteiger partial charge on any atom is 0.287 e. The Kier molecular flexibility index (Phi) is 1.32. The predicted molar refractivity (Wildman–Crippen MR) is 44.4 cm³/mol. The summed E-state index contributed by atoms with van der Waals surface area (Å²) in [6, 6.07) is 1.89. The third-order valence-corrected chi connectivity index (χ3v) is 5.74. The van der Waals surface area contributed by atoms with E-state index >= 15 is 0 Å². The second kappa shape index (κ2) is 2.13. The first-order valence-corrected chi connectivity index (χ1v) is 5.95. The van der Waals surface area contributed by atoms with Crippen molar-refractivity contribution in [1.29, 1.82) is 5.26 Å². The lowest BCUT2D eigenvalue weighted by atomic mass is 9.85. The van der Waals surface area contributed by atoms with Crippen LogP contribution in [-0.4, -0.2) is 30.5 Å². The quantitative estimate of drug-likeness (QED) is 0.544. The summed E-state index contributed by atoms with van der Waals surface area (Å²) in [4.78, 5) is 0. The molecule has 0 spiro atoms. The molecule has 3 fully saturated rings. The Labute approximate surface area is 81.4 Å². The molecule has 1 aliphatic heterocycles. The second-order valence-electron chi connectivity index (χ2n) is 4.31. The van der Waals surface area contributed by atoms with Crippen molar-refractivity contribution in [3.8, 4) is 6.07 Å². The van der Waals surface area contributed by atoms with Gasteiger partial charge in [0.15, 0.2) is 4.75 Å². The van der Waals surface area contributed by atoms with Gasteiger partial charge >= 0.3 is 0 Å². The largest absolute Gasteiger partial charge is 0.390 e. The molecule has 5 nitrogen and oxygen atoms in total. The number of rotatable bonds is 0. The number of hydrogen-bond donors (Lipinski definition) is 1. The molecule has 0 aromatic carbocycles. The van der Waals surface area contributed by atoms with Gasteiger partial charge in [-0.05, 0) is 18.8 Å². The molecule has 1 heterocycles. The molecule has 2 saturated carbocycles. The summed E-state index contributed by atoms with van der Waals surface area (Å²) in [7, 11) is -3.80. The molecule has 14 heavy (non-hydrogen) atoms. The first-order chi connectivity index (χ1) is 6.52. The van der Waals surface area contributed by atoms with Crippen LogP contribution in [0.4, 0.5) is 0 Å². The Morgan fingerprint density at radius 3 is 2.86 bits per heavy atom. The average molecular weight is 215 g/mol. The van der Waals surface area contributed by atoms with Crippen LogP contribution in [0.2, 0.25) is 0 Å². The van der Waals surface area contributed by atoms with Gasteiger partial charge in [-0.3, -0.25) is 4.18 Å². The van der Waals surface area contributed by atoms with Gasteiger partial charge in [0, 0.05) is 5.92 Å². The van der Waals surface area contributed by atoms with Gasteiger partial charge in [-0.25, -0.2) is 0 Å². The monoisotopic (exact) mass is 215 g/mol. The molecule has 0 aromatic rings. The van der Waals surface area contributed by atoms with Gasteiger partial charge in [0.1, 0.15) is 6.10 Å². The van der Waals surface area contributed by atoms with Gasteiger partial charge in [0.25, 0.3) is 10.1 Å². The van der Waals surface area contributed by atoms with Gasteiger partial charge in [-0.2, -0.15) is 13.7 Å². The highest BCUT2D eigenvalue weighted by Crippen LogP contribution is 2.60. The zero-order valence-corrected chi connectivity index (χ0v) is 8.07. The molecule has 1 N–H and O–H groups in total. The van der Waals surface area contributed by atoms with E-state index in [1.54, 1.807) is 0 Å². The van der Waals surface area contributed by atoms with Gasteiger partial charge in [0.05, 0.1) is 12.2 Å². The fourth-order valence-electron chi connectivity index (χ4n) is 3.13. The summed E-state index contributed by atoms with van der Waals surface area (Å²) in [5, 5.41) is 18.6. The Hall–Kier alpha value is -0.640. The highest BCUT2D eigenvalue weighted by atomic mass is 32.2. The van der Waals surface area contributed by atoms with Crippen molar-refractivity contribution in [2.45, 2.75) is 29.8 Å². The number of aliphatic hydroxyl groups is 1. The molecule has 3 aliphatic rings. The fourth-order valence-corrected chi connectivity index (χ4v) is 4.98. The molecule has 2 aliphatic carbocycles. The third-order valence-electron chi connectivity index (χ3n) is 3.81. The van der Waals surface area contributed by atoms with Crippen LogP contribution < -0.4 is 0 Å².